The molecule has 0 fully saturated rings. The van der Waals surface area contributed by atoms with Gasteiger partial charge in [-0.2, -0.15) is 5.10 Å². The summed E-state index contributed by atoms with van der Waals surface area (Å²) >= 11 is 0. The minimum absolute atomic E-state index is 0.254. The maximum Gasteiger partial charge on any atom is 0.118 e. The summed E-state index contributed by atoms with van der Waals surface area (Å²) in [6.07, 6.45) is 1.82. The van der Waals surface area contributed by atoms with Crippen molar-refractivity contribution in [1.82, 2.24) is 15.1 Å². The number of ether oxygens (including phenoxy) is 1. The number of nitrogens with one attached hydrogen (secondary N) is 1. The highest BCUT2D eigenvalue weighted by atomic mass is 16.5. The van der Waals surface area contributed by atoms with E-state index in [9.17, 15) is 0 Å². The SMILES string of the molecule is COc1ccc(C(C)NC(C)c2ccnn2C)cc1. The molecule has 2 aromatic rings. The molecule has 0 bridgehead atoms. The molecule has 0 amide bonds. The van der Waals surface area contributed by atoms with Gasteiger partial charge < -0.3 is 10.1 Å². The van der Waals surface area contributed by atoms with Crippen LogP contribution in [0.15, 0.2) is 36.5 Å². The molecule has 0 aliphatic rings. The second-order valence-electron chi connectivity index (χ2n) is 4.76. The summed E-state index contributed by atoms with van der Waals surface area (Å²) in [5.41, 5.74) is 2.43. The Morgan fingerprint density at radius 3 is 2.32 bits per heavy atom. The van der Waals surface area contributed by atoms with Crippen molar-refractivity contribution >= 4 is 0 Å². The predicted molar refractivity (Wildman–Crippen MR) is 76.2 cm³/mol. The Balaban J connectivity index is 2.04. The van der Waals surface area contributed by atoms with Crippen molar-refractivity contribution in [3.63, 3.8) is 0 Å². The molecule has 1 aromatic carbocycles. The van der Waals surface area contributed by atoms with Crippen molar-refractivity contribution in [2.24, 2.45) is 7.05 Å². The van der Waals surface area contributed by atoms with E-state index >= 15 is 0 Å². The van der Waals surface area contributed by atoms with Crippen LogP contribution in [0.2, 0.25) is 0 Å². The Bertz CT molecular complexity index is 518. The molecule has 0 radical (unpaired) electrons. The standard InChI is InChI=1S/C15H21N3O/c1-11(13-5-7-14(19-4)8-6-13)17-12(2)15-9-10-16-18(15)3/h5-12,17H,1-4H3. The van der Waals surface area contributed by atoms with Crippen molar-refractivity contribution < 1.29 is 4.74 Å². The lowest BCUT2D eigenvalue weighted by Gasteiger charge is -2.20. The highest BCUT2D eigenvalue weighted by molar-refractivity contribution is 5.29. The number of rotatable bonds is 5. The summed E-state index contributed by atoms with van der Waals surface area (Å²) in [4.78, 5) is 0. The molecule has 2 unspecified atom stereocenters. The van der Waals surface area contributed by atoms with E-state index in [4.69, 9.17) is 4.74 Å². The Morgan fingerprint density at radius 1 is 1.11 bits per heavy atom. The molecule has 1 aromatic heterocycles. The van der Waals surface area contributed by atoms with Crippen molar-refractivity contribution in [2.75, 3.05) is 7.11 Å². The lowest BCUT2D eigenvalue weighted by Crippen LogP contribution is -2.24. The van der Waals surface area contributed by atoms with E-state index in [1.165, 1.54) is 11.3 Å². The molecule has 19 heavy (non-hydrogen) atoms. The zero-order chi connectivity index (χ0) is 13.8. The molecular weight excluding hydrogens is 238 g/mol. The lowest BCUT2D eigenvalue weighted by atomic mass is 10.1. The molecule has 1 heterocycles. The number of aryl methyl sites for hydroxylation is 1. The van der Waals surface area contributed by atoms with E-state index in [0.717, 1.165) is 5.75 Å². The van der Waals surface area contributed by atoms with Crippen molar-refractivity contribution in [1.29, 1.82) is 0 Å². The molecule has 4 nitrogen and oxygen atoms in total. The zero-order valence-electron chi connectivity index (χ0n) is 11.9. The molecule has 0 aliphatic carbocycles. The van der Waals surface area contributed by atoms with Gasteiger partial charge in [-0.15, -0.1) is 0 Å². The summed E-state index contributed by atoms with van der Waals surface area (Å²) in [5, 5.41) is 7.78. The molecule has 0 aliphatic heterocycles. The van der Waals surface area contributed by atoms with Crippen LogP contribution in [0.25, 0.3) is 0 Å². The van der Waals surface area contributed by atoms with Gasteiger partial charge in [-0.1, -0.05) is 12.1 Å². The van der Waals surface area contributed by atoms with E-state index in [1.807, 2.05) is 36.1 Å². The number of methoxy groups -OCH3 is 1. The maximum atomic E-state index is 5.17. The predicted octanol–water partition coefficient (Wildman–Crippen LogP) is 2.84. The lowest BCUT2D eigenvalue weighted by molar-refractivity contribution is 0.414. The summed E-state index contributed by atoms with van der Waals surface area (Å²) in [6, 6.07) is 10.7. The molecule has 2 rings (SSSR count). The summed E-state index contributed by atoms with van der Waals surface area (Å²) in [6.45, 7) is 4.31. The Kier molecular flexibility index (Phi) is 4.22. The second kappa shape index (κ2) is 5.89. The first-order valence-corrected chi connectivity index (χ1v) is 6.49. The van der Waals surface area contributed by atoms with Crippen molar-refractivity contribution in [3.05, 3.63) is 47.8 Å². The number of hydrogen-bond acceptors (Lipinski definition) is 3. The van der Waals surface area contributed by atoms with Gasteiger partial charge in [-0.25, -0.2) is 0 Å². The largest absolute Gasteiger partial charge is 0.497 e. The van der Waals surface area contributed by atoms with Crippen LogP contribution in [-0.2, 0) is 7.05 Å². The third-order valence-corrected chi connectivity index (χ3v) is 3.42. The van der Waals surface area contributed by atoms with Gasteiger partial charge in [0.25, 0.3) is 0 Å². The fraction of sp³-hybridized carbons (Fsp3) is 0.400. The van der Waals surface area contributed by atoms with Crippen LogP contribution in [0.3, 0.4) is 0 Å². The monoisotopic (exact) mass is 259 g/mol. The Labute approximate surface area is 114 Å². The Hall–Kier alpha value is -1.81. The van der Waals surface area contributed by atoms with Gasteiger partial charge in [0.2, 0.25) is 0 Å². The van der Waals surface area contributed by atoms with Crippen LogP contribution in [0, 0.1) is 0 Å². The van der Waals surface area contributed by atoms with E-state index in [2.05, 4.69) is 36.4 Å². The van der Waals surface area contributed by atoms with Gasteiger partial charge in [0.15, 0.2) is 0 Å². The molecule has 0 spiro atoms. The highest BCUT2D eigenvalue weighted by Gasteiger charge is 2.13. The van der Waals surface area contributed by atoms with Crippen LogP contribution in [0.4, 0.5) is 0 Å². The van der Waals surface area contributed by atoms with E-state index in [-0.39, 0.29) is 12.1 Å². The van der Waals surface area contributed by atoms with E-state index < -0.39 is 0 Å². The highest BCUT2D eigenvalue weighted by Crippen LogP contribution is 2.21. The quantitative estimate of drug-likeness (QED) is 0.897. The number of benzene rings is 1. The normalized spacial score (nSPS) is 14.1. The van der Waals surface area contributed by atoms with Gasteiger partial charge in [-0.3, -0.25) is 4.68 Å². The average Bonchev–Trinajstić information content (AvgIpc) is 2.85. The Morgan fingerprint density at radius 2 is 1.79 bits per heavy atom. The zero-order valence-corrected chi connectivity index (χ0v) is 11.9. The molecule has 4 heteroatoms. The first kappa shape index (κ1) is 13.6. The van der Waals surface area contributed by atoms with Crippen LogP contribution in [0.1, 0.15) is 37.2 Å². The minimum atomic E-state index is 0.254. The van der Waals surface area contributed by atoms with Gasteiger partial charge in [0, 0.05) is 25.3 Å². The molecule has 2 atom stereocenters. The number of aromatic nitrogens is 2. The van der Waals surface area contributed by atoms with Crippen LogP contribution < -0.4 is 10.1 Å². The molecule has 0 saturated carbocycles. The molecule has 1 N–H and O–H groups in total. The number of hydrogen-bond donors (Lipinski definition) is 1. The minimum Gasteiger partial charge on any atom is -0.497 e. The van der Waals surface area contributed by atoms with E-state index in [1.54, 1.807) is 7.11 Å². The van der Waals surface area contributed by atoms with Crippen LogP contribution >= 0.6 is 0 Å². The fourth-order valence-corrected chi connectivity index (χ4v) is 2.26. The van der Waals surface area contributed by atoms with Crippen LogP contribution in [-0.4, -0.2) is 16.9 Å². The summed E-state index contributed by atoms with van der Waals surface area (Å²) < 4.78 is 7.07. The van der Waals surface area contributed by atoms with Crippen molar-refractivity contribution in [2.45, 2.75) is 25.9 Å². The van der Waals surface area contributed by atoms with Gasteiger partial charge in [0.1, 0.15) is 5.75 Å². The molecule has 102 valence electrons. The third-order valence-electron chi connectivity index (χ3n) is 3.42. The van der Waals surface area contributed by atoms with Gasteiger partial charge >= 0.3 is 0 Å². The van der Waals surface area contributed by atoms with Crippen LogP contribution in [0.5, 0.6) is 5.75 Å². The molecular formula is C15H21N3O. The maximum absolute atomic E-state index is 5.17. The van der Waals surface area contributed by atoms with Crippen molar-refractivity contribution in [3.8, 4) is 5.75 Å². The third kappa shape index (κ3) is 3.15. The first-order chi connectivity index (χ1) is 9.11. The fourth-order valence-electron chi connectivity index (χ4n) is 2.26. The molecule has 0 saturated heterocycles. The second-order valence-corrected chi connectivity index (χ2v) is 4.76. The summed E-state index contributed by atoms with van der Waals surface area (Å²) in [7, 11) is 3.65. The van der Waals surface area contributed by atoms with Gasteiger partial charge in [0.05, 0.1) is 12.8 Å². The average molecular weight is 259 g/mol. The topological polar surface area (TPSA) is 39.1 Å². The first-order valence-electron chi connectivity index (χ1n) is 6.49. The van der Waals surface area contributed by atoms with E-state index in [0.29, 0.717) is 0 Å². The smallest absolute Gasteiger partial charge is 0.118 e. The summed E-state index contributed by atoms with van der Waals surface area (Å²) in [5.74, 6) is 0.885. The number of nitrogens with zero attached hydrogens (tertiary/aromatic N) is 2. The van der Waals surface area contributed by atoms with Gasteiger partial charge in [-0.05, 0) is 37.6 Å².